The molecule has 1 N–H and O–H groups in total. The lowest BCUT2D eigenvalue weighted by Gasteiger charge is -2.12. The number of methoxy groups -OCH3 is 1. The number of aromatic nitrogens is 1. The van der Waals surface area contributed by atoms with Crippen molar-refractivity contribution in [3.63, 3.8) is 0 Å². The van der Waals surface area contributed by atoms with Gasteiger partial charge >= 0.3 is 5.97 Å². The first-order chi connectivity index (χ1) is 6.56. The van der Waals surface area contributed by atoms with Crippen molar-refractivity contribution in [2.75, 3.05) is 7.11 Å². The molecule has 1 atom stereocenters. The molecular formula is C9H13NO3S. The lowest BCUT2D eigenvalue weighted by molar-refractivity contribution is -0.139. The van der Waals surface area contributed by atoms with Gasteiger partial charge in [0, 0.05) is 11.1 Å². The Balaban J connectivity index is 2.93. The minimum Gasteiger partial charge on any atom is -0.481 e. The number of ether oxygens (including phenoxy) is 1. The van der Waals surface area contributed by atoms with Gasteiger partial charge in [0.25, 0.3) is 5.19 Å². The molecule has 1 heterocycles. The van der Waals surface area contributed by atoms with E-state index in [1.54, 1.807) is 6.20 Å². The molecule has 0 aliphatic carbocycles. The molecule has 0 amide bonds. The largest absolute Gasteiger partial charge is 0.481 e. The average Bonchev–Trinajstić information content (AvgIpc) is 2.51. The summed E-state index contributed by atoms with van der Waals surface area (Å²) in [6.45, 7) is 3.76. The predicted molar refractivity (Wildman–Crippen MR) is 53.9 cm³/mol. The fourth-order valence-corrected chi connectivity index (χ4v) is 2.24. The monoisotopic (exact) mass is 215 g/mol. The van der Waals surface area contributed by atoms with E-state index < -0.39 is 11.9 Å². The summed E-state index contributed by atoms with van der Waals surface area (Å²) in [6, 6.07) is 0. The maximum Gasteiger partial charge on any atom is 0.312 e. The minimum atomic E-state index is -0.814. The number of rotatable bonds is 4. The van der Waals surface area contributed by atoms with Gasteiger partial charge in [0.1, 0.15) is 0 Å². The second-order valence-corrected chi connectivity index (χ2v) is 4.32. The summed E-state index contributed by atoms with van der Waals surface area (Å²) in [7, 11) is 1.52. The van der Waals surface area contributed by atoms with Crippen LogP contribution in [0.5, 0.6) is 5.19 Å². The van der Waals surface area contributed by atoms with Crippen LogP contribution in [0.4, 0.5) is 0 Å². The van der Waals surface area contributed by atoms with Gasteiger partial charge in [-0.2, -0.15) is 0 Å². The molecule has 14 heavy (non-hydrogen) atoms. The first-order valence-corrected chi connectivity index (χ1v) is 5.10. The van der Waals surface area contributed by atoms with Crippen molar-refractivity contribution < 1.29 is 14.6 Å². The quantitative estimate of drug-likeness (QED) is 0.834. The number of carboxylic acids is 1. The fraction of sp³-hybridized carbons (Fsp3) is 0.556. The number of thiazole rings is 1. The molecule has 78 valence electrons. The van der Waals surface area contributed by atoms with E-state index >= 15 is 0 Å². The van der Waals surface area contributed by atoms with Crippen LogP contribution >= 0.6 is 11.3 Å². The van der Waals surface area contributed by atoms with Crippen LogP contribution in [-0.2, 0) is 4.79 Å². The highest BCUT2D eigenvalue weighted by atomic mass is 32.1. The molecule has 0 aliphatic heterocycles. The molecule has 0 fully saturated rings. The summed E-state index contributed by atoms with van der Waals surface area (Å²) in [6.07, 6.45) is 1.57. The molecule has 0 saturated carbocycles. The van der Waals surface area contributed by atoms with E-state index in [1.165, 1.54) is 18.4 Å². The van der Waals surface area contributed by atoms with E-state index in [2.05, 4.69) is 4.98 Å². The molecule has 1 unspecified atom stereocenters. The fourth-order valence-electron chi connectivity index (χ4n) is 1.24. The molecule has 5 heteroatoms. The summed E-state index contributed by atoms with van der Waals surface area (Å²) in [4.78, 5) is 15.7. The first kappa shape index (κ1) is 11.0. The second kappa shape index (κ2) is 4.41. The molecule has 0 aromatic carbocycles. The molecule has 0 aliphatic rings. The smallest absolute Gasteiger partial charge is 0.312 e. The maximum absolute atomic E-state index is 11.0. The lowest BCUT2D eigenvalue weighted by atomic mass is 9.95. The number of hydrogen-bond donors (Lipinski definition) is 1. The second-order valence-electron chi connectivity index (χ2n) is 3.29. The van der Waals surface area contributed by atoms with E-state index in [0.29, 0.717) is 5.19 Å². The molecule has 0 saturated heterocycles. The van der Waals surface area contributed by atoms with Gasteiger partial charge < -0.3 is 9.84 Å². The van der Waals surface area contributed by atoms with Crippen LogP contribution in [0.1, 0.15) is 24.6 Å². The number of carboxylic acid groups (broad SMARTS) is 1. The van der Waals surface area contributed by atoms with E-state index in [-0.39, 0.29) is 5.92 Å². The van der Waals surface area contributed by atoms with Crippen LogP contribution in [0.25, 0.3) is 0 Å². The molecule has 0 radical (unpaired) electrons. The Morgan fingerprint density at radius 3 is 2.64 bits per heavy atom. The Morgan fingerprint density at radius 2 is 2.29 bits per heavy atom. The third-order valence-electron chi connectivity index (χ3n) is 1.92. The summed E-state index contributed by atoms with van der Waals surface area (Å²) in [5.41, 5.74) is 0. The van der Waals surface area contributed by atoms with Gasteiger partial charge in [-0.05, 0) is 5.92 Å². The van der Waals surface area contributed by atoms with Crippen LogP contribution in [0.2, 0.25) is 0 Å². The average molecular weight is 215 g/mol. The van der Waals surface area contributed by atoms with Crippen molar-refractivity contribution in [1.29, 1.82) is 0 Å². The molecule has 1 rings (SSSR count). The topological polar surface area (TPSA) is 59.4 Å². The Labute approximate surface area is 86.6 Å². The zero-order valence-electron chi connectivity index (χ0n) is 8.35. The first-order valence-electron chi connectivity index (χ1n) is 4.28. The Kier molecular flexibility index (Phi) is 3.46. The predicted octanol–water partition coefficient (Wildman–Crippen LogP) is 1.98. The molecule has 0 spiro atoms. The Morgan fingerprint density at radius 1 is 1.64 bits per heavy atom. The number of nitrogens with zero attached hydrogens (tertiary/aromatic N) is 1. The van der Waals surface area contributed by atoms with Gasteiger partial charge in [0.05, 0.1) is 13.0 Å². The SMILES string of the molecule is COc1ncc(C(C(=O)O)C(C)C)s1. The normalized spacial score (nSPS) is 12.9. The molecular weight excluding hydrogens is 202 g/mol. The van der Waals surface area contributed by atoms with Crippen LogP contribution in [0, 0.1) is 5.92 Å². The molecule has 0 bridgehead atoms. The third-order valence-corrected chi connectivity index (χ3v) is 2.96. The van der Waals surface area contributed by atoms with Crippen molar-refractivity contribution in [2.45, 2.75) is 19.8 Å². The number of carbonyl (C=O) groups is 1. The molecule has 4 nitrogen and oxygen atoms in total. The number of aliphatic carboxylic acids is 1. The van der Waals surface area contributed by atoms with Crippen LogP contribution in [0.3, 0.4) is 0 Å². The van der Waals surface area contributed by atoms with Crippen LogP contribution in [-0.4, -0.2) is 23.2 Å². The summed E-state index contributed by atoms with van der Waals surface area (Å²) >= 11 is 1.28. The van der Waals surface area contributed by atoms with Gasteiger partial charge in [-0.25, -0.2) is 4.98 Å². The van der Waals surface area contributed by atoms with E-state index in [9.17, 15) is 4.79 Å². The summed E-state index contributed by atoms with van der Waals surface area (Å²) in [5.74, 6) is -1.25. The van der Waals surface area contributed by atoms with Crippen molar-refractivity contribution in [3.05, 3.63) is 11.1 Å². The highest BCUT2D eigenvalue weighted by Gasteiger charge is 2.25. The van der Waals surface area contributed by atoms with Crippen molar-refractivity contribution >= 4 is 17.3 Å². The van der Waals surface area contributed by atoms with E-state index in [1.807, 2.05) is 13.8 Å². The minimum absolute atomic E-state index is 0.0534. The Bertz CT molecular complexity index is 322. The van der Waals surface area contributed by atoms with Crippen molar-refractivity contribution in [2.24, 2.45) is 5.92 Å². The zero-order chi connectivity index (χ0) is 10.7. The van der Waals surface area contributed by atoms with E-state index in [4.69, 9.17) is 9.84 Å². The standard InChI is InChI=1S/C9H13NO3S/c1-5(2)7(8(11)12)6-4-10-9(13-3)14-6/h4-5,7H,1-3H3,(H,11,12). The Hall–Kier alpha value is -1.10. The van der Waals surface area contributed by atoms with E-state index in [0.717, 1.165) is 4.88 Å². The summed E-state index contributed by atoms with van der Waals surface area (Å²) < 4.78 is 4.92. The van der Waals surface area contributed by atoms with Crippen LogP contribution < -0.4 is 4.74 Å². The highest BCUT2D eigenvalue weighted by Crippen LogP contribution is 2.32. The molecule has 1 aromatic rings. The van der Waals surface area contributed by atoms with Crippen molar-refractivity contribution in [3.8, 4) is 5.19 Å². The third kappa shape index (κ3) is 2.23. The van der Waals surface area contributed by atoms with Gasteiger partial charge in [0.2, 0.25) is 0 Å². The highest BCUT2D eigenvalue weighted by molar-refractivity contribution is 7.13. The van der Waals surface area contributed by atoms with Gasteiger partial charge in [-0.1, -0.05) is 25.2 Å². The lowest BCUT2D eigenvalue weighted by Crippen LogP contribution is -2.16. The summed E-state index contributed by atoms with van der Waals surface area (Å²) in [5, 5.41) is 9.52. The van der Waals surface area contributed by atoms with Crippen LogP contribution in [0.15, 0.2) is 6.20 Å². The maximum atomic E-state index is 11.0. The van der Waals surface area contributed by atoms with Gasteiger partial charge in [0.15, 0.2) is 0 Å². The molecule has 1 aromatic heterocycles. The number of hydrogen-bond acceptors (Lipinski definition) is 4. The van der Waals surface area contributed by atoms with Crippen molar-refractivity contribution in [1.82, 2.24) is 4.98 Å². The van der Waals surface area contributed by atoms with Gasteiger partial charge in [-0.3, -0.25) is 4.79 Å². The zero-order valence-corrected chi connectivity index (χ0v) is 9.17. The van der Waals surface area contributed by atoms with Gasteiger partial charge in [-0.15, -0.1) is 0 Å².